The molecule has 14 heavy (non-hydrogen) atoms. The molecule has 0 saturated carbocycles. The second-order valence-corrected chi connectivity index (χ2v) is 6.64. The summed E-state index contributed by atoms with van der Waals surface area (Å²) in [7, 11) is 0. The van der Waals surface area contributed by atoms with Crippen LogP contribution in [0.5, 0.6) is 0 Å². The number of aromatic nitrogens is 1. The molecule has 0 fully saturated rings. The van der Waals surface area contributed by atoms with Crippen molar-refractivity contribution in [3.05, 3.63) is 23.9 Å². The Morgan fingerprint density at radius 3 is 2.43 bits per heavy atom. The fraction of sp³-hybridized carbons (Fsp3) is 0.583. The molecule has 0 aromatic carbocycles. The van der Waals surface area contributed by atoms with Crippen molar-refractivity contribution in [3.63, 3.8) is 0 Å². The number of nitrogens with zero attached hydrogens (tertiary/aromatic N) is 1. The SMILES string of the molecule is CC(C)c1ccnc(SC(C)(C)C)c1. The normalized spacial score (nSPS) is 12.1. The minimum atomic E-state index is 0.239. The second kappa shape index (κ2) is 4.35. The molecule has 1 rings (SSSR count). The van der Waals surface area contributed by atoms with Crippen LogP contribution < -0.4 is 0 Å². The summed E-state index contributed by atoms with van der Waals surface area (Å²) in [4.78, 5) is 4.37. The number of pyridine rings is 1. The van der Waals surface area contributed by atoms with E-state index in [2.05, 4.69) is 51.7 Å². The molecule has 0 spiro atoms. The third kappa shape index (κ3) is 3.70. The largest absolute Gasteiger partial charge is 0.250 e. The Hall–Kier alpha value is -0.500. The van der Waals surface area contributed by atoms with E-state index in [0.29, 0.717) is 5.92 Å². The first kappa shape index (κ1) is 11.6. The molecule has 0 atom stereocenters. The minimum absolute atomic E-state index is 0.239. The number of hydrogen-bond donors (Lipinski definition) is 0. The lowest BCUT2D eigenvalue weighted by molar-refractivity contribution is 0.796. The summed E-state index contributed by atoms with van der Waals surface area (Å²) in [5.41, 5.74) is 1.37. The van der Waals surface area contributed by atoms with E-state index in [4.69, 9.17) is 0 Å². The van der Waals surface area contributed by atoms with Gasteiger partial charge in [-0.1, -0.05) is 34.6 Å². The van der Waals surface area contributed by atoms with Gasteiger partial charge in [0.15, 0.2) is 0 Å². The molecule has 0 unspecified atom stereocenters. The van der Waals surface area contributed by atoms with Gasteiger partial charge in [-0.25, -0.2) is 4.98 Å². The third-order valence-corrected chi connectivity index (χ3v) is 2.88. The molecule has 0 N–H and O–H groups in total. The van der Waals surface area contributed by atoms with Crippen LogP contribution >= 0.6 is 11.8 Å². The van der Waals surface area contributed by atoms with Crippen LogP contribution in [0.1, 0.15) is 46.1 Å². The summed E-state index contributed by atoms with van der Waals surface area (Å²) in [6, 6.07) is 4.29. The minimum Gasteiger partial charge on any atom is -0.250 e. The molecule has 1 heterocycles. The van der Waals surface area contributed by atoms with Crippen molar-refractivity contribution in [2.75, 3.05) is 0 Å². The Morgan fingerprint density at radius 2 is 1.93 bits per heavy atom. The predicted molar refractivity (Wildman–Crippen MR) is 63.9 cm³/mol. The standard InChI is InChI=1S/C12H19NS/c1-9(2)10-6-7-13-11(8-10)14-12(3,4)5/h6-9H,1-5H3. The zero-order valence-electron chi connectivity index (χ0n) is 9.66. The summed E-state index contributed by atoms with van der Waals surface area (Å²) >= 11 is 1.82. The quantitative estimate of drug-likeness (QED) is 0.680. The highest BCUT2D eigenvalue weighted by Gasteiger charge is 2.13. The zero-order valence-corrected chi connectivity index (χ0v) is 10.5. The van der Waals surface area contributed by atoms with Gasteiger partial charge in [-0.3, -0.25) is 0 Å². The number of hydrogen-bond acceptors (Lipinski definition) is 2. The maximum Gasteiger partial charge on any atom is 0.0967 e. The Labute approximate surface area is 91.3 Å². The molecular formula is C12H19NS. The van der Waals surface area contributed by atoms with Gasteiger partial charge in [0.05, 0.1) is 5.03 Å². The van der Waals surface area contributed by atoms with Gasteiger partial charge in [-0.15, -0.1) is 11.8 Å². The lowest BCUT2D eigenvalue weighted by atomic mass is 10.1. The van der Waals surface area contributed by atoms with Crippen molar-refractivity contribution >= 4 is 11.8 Å². The number of rotatable bonds is 2. The molecule has 0 aliphatic carbocycles. The van der Waals surface area contributed by atoms with Gasteiger partial charge < -0.3 is 0 Å². The van der Waals surface area contributed by atoms with E-state index in [1.165, 1.54) is 5.56 Å². The fourth-order valence-electron chi connectivity index (χ4n) is 1.15. The Morgan fingerprint density at radius 1 is 1.29 bits per heavy atom. The Kier molecular flexibility index (Phi) is 3.59. The summed E-state index contributed by atoms with van der Waals surface area (Å²) in [6.45, 7) is 11.0. The molecule has 0 amide bonds. The molecule has 1 nitrogen and oxygen atoms in total. The molecule has 1 aromatic heterocycles. The smallest absolute Gasteiger partial charge is 0.0967 e. The highest BCUT2D eigenvalue weighted by atomic mass is 32.2. The average Bonchev–Trinajstić information content (AvgIpc) is 2.01. The van der Waals surface area contributed by atoms with Crippen molar-refractivity contribution in [2.24, 2.45) is 0 Å². The van der Waals surface area contributed by atoms with Crippen LogP contribution in [0.3, 0.4) is 0 Å². The second-order valence-electron chi connectivity index (χ2n) is 4.80. The van der Waals surface area contributed by atoms with Gasteiger partial charge in [-0.05, 0) is 23.6 Å². The van der Waals surface area contributed by atoms with Gasteiger partial charge in [0.1, 0.15) is 0 Å². The van der Waals surface area contributed by atoms with E-state index < -0.39 is 0 Å². The molecule has 0 bridgehead atoms. The van der Waals surface area contributed by atoms with Gasteiger partial charge in [0.25, 0.3) is 0 Å². The molecule has 0 saturated heterocycles. The first-order chi connectivity index (χ1) is 6.38. The predicted octanol–water partition coefficient (Wildman–Crippen LogP) is 4.10. The number of thioether (sulfide) groups is 1. The Balaban J connectivity index is 2.84. The topological polar surface area (TPSA) is 12.9 Å². The monoisotopic (exact) mass is 209 g/mol. The van der Waals surface area contributed by atoms with Crippen LogP contribution in [-0.2, 0) is 0 Å². The summed E-state index contributed by atoms with van der Waals surface area (Å²) < 4.78 is 0.239. The lowest BCUT2D eigenvalue weighted by Gasteiger charge is -2.17. The van der Waals surface area contributed by atoms with Crippen molar-refractivity contribution in [3.8, 4) is 0 Å². The average molecular weight is 209 g/mol. The van der Waals surface area contributed by atoms with Crippen LogP contribution in [0, 0.1) is 0 Å². The van der Waals surface area contributed by atoms with Crippen LogP contribution in [0.2, 0.25) is 0 Å². The molecule has 0 aliphatic heterocycles. The van der Waals surface area contributed by atoms with Gasteiger partial charge in [0, 0.05) is 10.9 Å². The van der Waals surface area contributed by atoms with E-state index in [1.54, 1.807) is 0 Å². The van der Waals surface area contributed by atoms with Gasteiger partial charge >= 0.3 is 0 Å². The van der Waals surface area contributed by atoms with Crippen LogP contribution in [0.25, 0.3) is 0 Å². The van der Waals surface area contributed by atoms with Crippen LogP contribution in [-0.4, -0.2) is 9.73 Å². The van der Waals surface area contributed by atoms with Crippen molar-refractivity contribution in [1.29, 1.82) is 0 Å². The van der Waals surface area contributed by atoms with Gasteiger partial charge in [-0.2, -0.15) is 0 Å². The summed E-state index contributed by atoms with van der Waals surface area (Å²) in [5, 5.41) is 1.13. The summed E-state index contributed by atoms with van der Waals surface area (Å²) in [5.74, 6) is 0.581. The zero-order chi connectivity index (χ0) is 10.8. The maximum absolute atomic E-state index is 4.37. The van der Waals surface area contributed by atoms with E-state index >= 15 is 0 Å². The molecule has 2 heteroatoms. The molecule has 0 radical (unpaired) electrons. The van der Waals surface area contributed by atoms with Crippen molar-refractivity contribution in [2.45, 2.75) is 50.3 Å². The maximum atomic E-state index is 4.37. The summed E-state index contributed by atoms with van der Waals surface area (Å²) in [6.07, 6.45) is 1.91. The molecule has 1 aromatic rings. The van der Waals surface area contributed by atoms with E-state index in [0.717, 1.165) is 5.03 Å². The molecule has 78 valence electrons. The van der Waals surface area contributed by atoms with E-state index in [-0.39, 0.29) is 4.75 Å². The van der Waals surface area contributed by atoms with E-state index in [9.17, 15) is 0 Å². The highest BCUT2D eigenvalue weighted by molar-refractivity contribution is 8.00. The molecular weight excluding hydrogens is 190 g/mol. The van der Waals surface area contributed by atoms with Crippen LogP contribution in [0.15, 0.2) is 23.4 Å². The molecule has 0 aliphatic rings. The third-order valence-electron chi connectivity index (χ3n) is 1.84. The fourth-order valence-corrected chi connectivity index (χ4v) is 2.09. The van der Waals surface area contributed by atoms with Gasteiger partial charge in [0.2, 0.25) is 0 Å². The first-order valence-corrected chi connectivity index (χ1v) is 5.85. The Bertz CT molecular complexity index is 299. The van der Waals surface area contributed by atoms with E-state index in [1.807, 2.05) is 18.0 Å². The van der Waals surface area contributed by atoms with Crippen molar-refractivity contribution < 1.29 is 0 Å². The van der Waals surface area contributed by atoms with Crippen molar-refractivity contribution in [1.82, 2.24) is 4.98 Å². The first-order valence-electron chi connectivity index (χ1n) is 5.03. The highest BCUT2D eigenvalue weighted by Crippen LogP contribution is 2.31. The lowest BCUT2D eigenvalue weighted by Crippen LogP contribution is -2.07. The van der Waals surface area contributed by atoms with Crippen LogP contribution in [0.4, 0.5) is 0 Å².